The molecule has 1 amide bonds. The number of rotatable bonds is 6. The monoisotopic (exact) mass is 341 g/mol. The van der Waals surface area contributed by atoms with E-state index < -0.39 is 0 Å². The van der Waals surface area contributed by atoms with Gasteiger partial charge in [0, 0.05) is 11.6 Å². The molecule has 2 fully saturated rings. The molecule has 7 heteroatoms. The van der Waals surface area contributed by atoms with Gasteiger partial charge in [-0.15, -0.1) is 0 Å². The van der Waals surface area contributed by atoms with Gasteiger partial charge >= 0.3 is 0 Å². The van der Waals surface area contributed by atoms with E-state index in [0.29, 0.717) is 12.5 Å². The van der Waals surface area contributed by atoms with Crippen LogP contribution in [0.1, 0.15) is 43.3 Å². The molecule has 4 rings (SSSR count). The van der Waals surface area contributed by atoms with Crippen molar-refractivity contribution in [1.29, 1.82) is 0 Å². The van der Waals surface area contributed by atoms with Gasteiger partial charge in [0.1, 0.15) is 11.6 Å². The fourth-order valence-electron chi connectivity index (χ4n) is 3.31. The Balaban J connectivity index is 1.38. The van der Waals surface area contributed by atoms with E-state index in [1.165, 1.54) is 12.8 Å². The summed E-state index contributed by atoms with van der Waals surface area (Å²) >= 11 is 0. The maximum absolute atomic E-state index is 12.7. The molecule has 0 spiro atoms. The van der Waals surface area contributed by atoms with Crippen LogP contribution in [-0.2, 0) is 11.3 Å². The Hall–Kier alpha value is -2.41. The van der Waals surface area contributed by atoms with Crippen LogP contribution in [0, 0.1) is 0 Å². The Bertz CT molecular complexity index is 738. The molecule has 25 heavy (non-hydrogen) atoms. The Morgan fingerprint density at radius 2 is 2.12 bits per heavy atom. The lowest BCUT2D eigenvalue weighted by atomic mass is 10.2. The minimum absolute atomic E-state index is 0.0320. The Labute approximate surface area is 146 Å². The molecule has 2 aliphatic rings. The summed E-state index contributed by atoms with van der Waals surface area (Å²) in [4.78, 5) is 19.4. The van der Waals surface area contributed by atoms with Crippen molar-refractivity contribution in [2.24, 2.45) is 0 Å². The molecular weight excluding hydrogens is 318 g/mol. The second-order valence-electron chi connectivity index (χ2n) is 6.76. The number of benzene rings is 1. The molecule has 1 aromatic carbocycles. The van der Waals surface area contributed by atoms with Gasteiger partial charge in [-0.3, -0.25) is 14.8 Å². The summed E-state index contributed by atoms with van der Waals surface area (Å²) < 4.78 is 5.14. The number of nitrogens with one attached hydrogen (secondary N) is 2. The zero-order chi connectivity index (χ0) is 17.2. The summed E-state index contributed by atoms with van der Waals surface area (Å²) in [6.07, 6.45) is 4.26. The van der Waals surface area contributed by atoms with E-state index in [0.717, 1.165) is 42.5 Å². The molecule has 0 bridgehead atoms. The average molecular weight is 341 g/mol. The average Bonchev–Trinajstić information content (AvgIpc) is 3.20. The topological polar surface area (TPSA) is 83.1 Å². The normalized spacial score (nSPS) is 20.6. The van der Waals surface area contributed by atoms with Gasteiger partial charge in [-0.2, -0.15) is 5.10 Å². The molecule has 2 aromatic rings. The summed E-state index contributed by atoms with van der Waals surface area (Å²) in [5, 5.41) is 10.3. The number of aromatic nitrogens is 3. The van der Waals surface area contributed by atoms with Crippen LogP contribution < -0.4 is 10.1 Å². The number of methoxy groups -OCH3 is 1. The molecule has 1 saturated heterocycles. The van der Waals surface area contributed by atoms with Gasteiger partial charge in [0.2, 0.25) is 5.91 Å². The third-order valence-corrected chi connectivity index (χ3v) is 4.87. The highest BCUT2D eigenvalue weighted by atomic mass is 16.5. The molecule has 1 aliphatic carbocycles. The van der Waals surface area contributed by atoms with E-state index in [2.05, 4.69) is 25.4 Å². The molecule has 7 nitrogen and oxygen atoms in total. The van der Waals surface area contributed by atoms with E-state index in [9.17, 15) is 4.79 Å². The summed E-state index contributed by atoms with van der Waals surface area (Å²) in [5.74, 6) is 3.12. The molecule has 2 N–H and O–H groups in total. The van der Waals surface area contributed by atoms with E-state index in [1.807, 2.05) is 24.3 Å². The van der Waals surface area contributed by atoms with Crippen molar-refractivity contribution in [3.63, 3.8) is 0 Å². The lowest BCUT2D eigenvalue weighted by molar-refractivity contribution is -0.120. The predicted molar refractivity (Wildman–Crippen MR) is 93.4 cm³/mol. The maximum Gasteiger partial charge on any atom is 0.241 e. The molecule has 1 aromatic heterocycles. The summed E-state index contributed by atoms with van der Waals surface area (Å²) in [7, 11) is 1.63. The fourth-order valence-corrected chi connectivity index (χ4v) is 3.31. The summed E-state index contributed by atoms with van der Waals surface area (Å²) in [5.41, 5.74) is 0.785. The van der Waals surface area contributed by atoms with Crippen LogP contribution in [-0.4, -0.2) is 45.7 Å². The van der Waals surface area contributed by atoms with Crippen molar-refractivity contribution >= 4 is 11.6 Å². The molecular formula is C18H23N5O2. The number of ether oxygens (including phenoxy) is 1. The second kappa shape index (κ2) is 6.84. The predicted octanol–water partition coefficient (Wildman–Crippen LogP) is 2.29. The number of anilines is 1. The van der Waals surface area contributed by atoms with Gasteiger partial charge in [-0.1, -0.05) is 0 Å². The first-order valence-electron chi connectivity index (χ1n) is 8.83. The van der Waals surface area contributed by atoms with E-state index >= 15 is 0 Å². The number of aromatic amines is 1. The largest absolute Gasteiger partial charge is 0.497 e. The number of nitrogens with zero attached hydrogens (tertiary/aromatic N) is 3. The number of carbonyl (C=O) groups is 1. The highest BCUT2D eigenvalue weighted by Gasteiger charge is 2.32. The minimum Gasteiger partial charge on any atom is -0.497 e. The Morgan fingerprint density at radius 1 is 1.32 bits per heavy atom. The first-order valence-corrected chi connectivity index (χ1v) is 8.83. The van der Waals surface area contributed by atoms with E-state index in [1.54, 1.807) is 7.11 Å². The first kappa shape index (κ1) is 16.1. The van der Waals surface area contributed by atoms with Gasteiger partial charge in [0.05, 0.1) is 19.7 Å². The van der Waals surface area contributed by atoms with Crippen LogP contribution in [0.4, 0.5) is 5.69 Å². The molecule has 0 unspecified atom stereocenters. The molecule has 0 radical (unpaired) electrons. The molecule has 1 atom stereocenters. The lowest BCUT2D eigenvalue weighted by Gasteiger charge is -2.22. The van der Waals surface area contributed by atoms with Crippen LogP contribution in [0.15, 0.2) is 24.3 Å². The van der Waals surface area contributed by atoms with Gasteiger partial charge in [-0.25, -0.2) is 4.98 Å². The number of likely N-dealkylation sites (tertiary alicyclic amines) is 1. The standard InChI is InChI=1S/C18H23N5O2/c1-25-14-8-6-13(7-9-14)19-18(24)15-3-2-10-23(15)11-16-20-17(22-21-16)12-4-5-12/h6-9,12,15H,2-5,10-11H2,1H3,(H,19,24)(H,20,21,22)/t15-/m1/s1. The molecule has 132 valence electrons. The van der Waals surface area contributed by atoms with Crippen LogP contribution in [0.2, 0.25) is 0 Å². The zero-order valence-corrected chi connectivity index (χ0v) is 14.4. The highest BCUT2D eigenvalue weighted by molar-refractivity contribution is 5.95. The van der Waals surface area contributed by atoms with Crippen molar-refractivity contribution < 1.29 is 9.53 Å². The number of hydrogen-bond donors (Lipinski definition) is 2. The SMILES string of the molecule is COc1ccc(NC(=O)[C@H]2CCCN2Cc2nc(C3CC3)n[nH]2)cc1. The van der Waals surface area contributed by atoms with Gasteiger partial charge in [0.15, 0.2) is 5.82 Å². The van der Waals surface area contributed by atoms with Crippen molar-refractivity contribution in [3.8, 4) is 5.75 Å². The number of H-pyrrole nitrogens is 1. The van der Waals surface area contributed by atoms with Crippen molar-refractivity contribution in [2.45, 2.75) is 44.2 Å². The number of hydrogen-bond acceptors (Lipinski definition) is 5. The van der Waals surface area contributed by atoms with Gasteiger partial charge in [0.25, 0.3) is 0 Å². The van der Waals surface area contributed by atoms with Crippen LogP contribution in [0.5, 0.6) is 5.75 Å². The van der Waals surface area contributed by atoms with Crippen molar-refractivity contribution in [1.82, 2.24) is 20.1 Å². The molecule has 1 aliphatic heterocycles. The van der Waals surface area contributed by atoms with E-state index in [-0.39, 0.29) is 11.9 Å². The first-order chi connectivity index (χ1) is 12.2. The summed E-state index contributed by atoms with van der Waals surface area (Å²) in [6.45, 7) is 1.54. The van der Waals surface area contributed by atoms with Crippen LogP contribution in [0.3, 0.4) is 0 Å². The van der Waals surface area contributed by atoms with Crippen molar-refractivity contribution in [2.75, 3.05) is 19.0 Å². The maximum atomic E-state index is 12.7. The van der Waals surface area contributed by atoms with Gasteiger partial charge in [-0.05, 0) is 56.5 Å². The number of carbonyl (C=O) groups excluding carboxylic acids is 1. The van der Waals surface area contributed by atoms with E-state index in [4.69, 9.17) is 4.74 Å². The lowest BCUT2D eigenvalue weighted by Crippen LogP contribution is -2.39. The minimum atomic E-state index is -0.128. The number of amides is 1. The zero-order valence-electron chi connectivity index (χ0n) is 14.4. The third kappa shape index (κ3) is 3.66. The summed E-state index contributed by atoms with van der Waals surface area (Å²) in [6, 6.07) is 7.27. The Morgan fingerprint density at radius 3 is 2.84 bits per heavy atom. The molecule has 1 saturated carbocycles. The highest BCUT2D eigenvalue weighted by Crippen LogP contribution is 2.37. The Kier molecular flexibility index (Phi) is 4.40. The quantitative estimate of drug-likeness (QED) is 0.842. The third-order valence-electron chi connectivity index (χ3n) is 4.87. The van der Waals surface area contributed by atoms with Crippen LogP contribution >= 0.6 is 0 Å². The van der Waals surface area contributed by atoms with Crippen molar-refractivity contribution in [3.05, 3.63) is 35.9 Å². The second-order valence-corrected chi connectivity index (χ2v) is 6.76. The smallest absolute Gasteiger partial charge is 0.241 e. The molecule has 2 heterocycles. The fraction of sp³-hybridized carbons (Fsp3) is 0.500. The van der Waals surface area contributed by atoms with Gasteiger partial charge < -0.3 is 10.1 Å². The van der Waals surface area contributed by atoms with Crippen LogP contribution in [0.25, 0.3) is 0 Å².